The van der Waals surface area contributed by atoms with Gasteiger partial charge in [0.15, 0.2) is 0 Å². The number of pyridine rings is 1. The lowest BCUT2D eigenvalue weighted by atomic mass is 9.78. The Kier molecular flexibility index (Phi) is 13.0. The zero-order chi connectivity index (χ0) is 37.6. The van der Waals surface area contributed by atoms with Crippen molar-refractivity contribution in [2.24, 2.45) is 11.8 Å². The number of rotatable bonds is 11. The van der Waals surface area contributed by atoms with Gasteiger partial charge in [0.05, 0.1) is 17.7 Å². The number of aromatic nitrogens is 1. The smallest absolute Gasteiger partial charge is 0.416 e. The van der Waals surface area contributed by atoms with E-state index in [0.717, 1.165) is 30.5 Å². The maximum absolute atomic E-state index is 14.5. The number of alkyl halides is 6. The summed E-state index contributed by atoms with van der Waals surface area (Å²) in [5.41, 5.74) is -1.86. The lowest BCUT2D eigenvalue weighted by Crippen LogP contribution is -2.59. The first-order valence-corrected chi connectivity index (χ1v) is 18.6. The summed E-state index contributed by atoms with van der Waals surface area (Å²) in [7, 11) is 0. The molecule has 2 aliphatic rings. The predicted octanol–water partition coefficient (Wildman–Crippen LogP) is 10.0. The molecule has 2 fully saturated rings. The molecule has 282 valence electrons. The number of piperidine rings is 1. The first-order valence-electron chi connectivity index (χ1n) is 17.8. The first-order chi connectivity index (χ1) is 24.7. The van der Waals surface area contributed by atoms with Crippen molar-refractivity contribution < 1.29 is 40.7 Å². The van der Waals surface area contributed by atoms with Crippen LogP contribution < -0.4 is 4.90 Å². The Hall–Kier alpha value is -3.61. The minimum Gasteiger partial charge on any atom is -0.466 e. The molecule has 6 nitrogen and oxygen atoms in total. The molecule has 1 aromatic heterocycles. The summed E-state index contributed by atoms with van der Waals surface area (Å²) in [5.74, 6) is 0.195. The van der Waals surface area contributed by atoms with Crippen LogP contribution in [0.3, 0.4) is 0 Å². The zero-order valence-corrected chi connectivity index (χ0v) is 30.8. The van der Waals surface area contributed by atoms with E-state index in [9.17, 15) is 35.9 Å². The van der Waals surface area contributed by atoms with Crippen molar-refractivity contribution in [2.75, 3.05) is 11.5 Å². The number of nitrogens with zero attached hydrogens (tertiary/aromatic N) is 3. The minimum atomic E-state index is -4.98. The van der Waals surface area contributed by atoms with Gasteiger partial charge in [-0.2, -0.15) is 26.3 Å². The fraction of sp³-hybridized carbons (Fsp3) is 0.513. The quantitative estimate of drug-likeness (QED) is 0.143. The molecule has 3 aromatic rings. The van der Waals surface area contributed by atoms with Crippen molar-refractivity contribution in [1.29, 1.82) is 0 Å². The molecule has 0 N–H and O–H groups in total. The molecule has 2 aromatic carbocycles. The molecule has 5 rings (SSSR count). The molecule has 0 radical (unpaired) electrons. The number of halogens is 7. The molecule has 0 spiro atoms. The third-order valence-corrected chi connectivity index (χ3v) is 10.8. The van der Waals surface area contributed by atoms with Crippen LogP contribution in [0.15, 0.2) is 71.3 Å². The Bertz CT molecular complexity index is 1610. The van der Waals surface area contributed by atoms with Crippen molar-refractivity contribution in [2.45, 2.75) is 109 Å². The average molecular weight is 797 g/mol. The van der Waals surface area contributed by atoms with Gasteiger partial charge in [-0.05, 0) is 122 Å². The Labute approximate surface area is 309 Å². The van der Waals surface area contributed by atoms with Gasteiger partial charge >= 0.3 is 18.3 Å². The molecule has 1 saturated carbocycles. The van der Waals surface area contributed by atoms with Crippen LogP contribution in [-0.2, 0) is 39.6 Å². The largest absolute Gasteiger partial charge is 0.466 e. The zero-order valence-electron chi connectivity index (χ0n) is 29.2. The molecular weight excluding hydrogens is 752 g/mol. The van der Waals surface area contributed by atoms with E-state index in [2.05, 4.69) is 20.9 Å². The molecule has 1 aliphatic heterocycles. The van der Waals surface area contributed by atoms with Crippen molar-refractivity contribution in [3.05, 3.63) is 93.6 Å². The second kappa shape index (κ2) is 17.0. The van der Waals surface area contributed by atoms with E-state index in [-0.39, 0.29) is 60.0 Å². The van der Waals surface area contributed by atoms with Gasteiger partial charge in [0.2, 0.25) is 5.91 Å². The average Bonchev–Trinajstić information content (AvgIpc) is 3.10. The van der Waals surface area contributed by atoms with Crippen molar-refractivity contribution >= 4 is 33.6 Å². The third kappa shape index (κ3) is 10.1. The van der Waals surface area contributed by atoms with Crippen LogP contribution in [0.25, 0.3) is 0 Å². The predicted molar refractivity (Wildman–Crippen MR) is 189 cm³/mol. The summed E-state index contributed by atoms with van der Waals surface area (Å²) < 4.78 is 89.1. The highest BCUT2D eigenvalue weighted by atomic mass is 79.9. The van der Waals surface area contributed by atoms with Gasteiger partial charge < -0.3 is 14.5 Å². The van der Waals surface area contributed by atoms with Crippen molar-refractivity contribution in [3.8, 4) is 0 Å². The van der Waals surface area contributed by atoms with Gasteiger partial charge in [-0.25, -0.2) is 4.98 Å². The minimum absolute atomic E-state index is 0.0572. The number of carbonyl (C=O) groups is 2. The molecule has 3 atom stereocenters. The lowest BCUT2D eigenvalue weighted by Gasteiger charge is -2.50. The number of hydrogen-bond donors (Lipinski definition) is 0. The van der Waals surface area contributed by atoms with Crippen LogP contribution >= 0.6 is 15.9 Å². The number of amides is 1. The fourth-order valence-electron chi connectivity index (χ4n) is 7.82. The van der Waals surface area contributed by atoms with E-state index in [4.69, 9.17) is 4.74 Å². The molecule has 0 bridgehead atoms. The molecule has 13 heteroatoms. The van der Waals surface area contributed by atoms with E-state index in [1.807, 2.05) is 42.2 Å². The Morgan fingerprint density at radius 3 is 2.06 bits per heavy atom. The van der Waals surface area contributed by atoms with Gasteiger partial charge in [0.25, 0.3) is 0 Å². The maximum atomic E-state index is 14.5. The van der Waals surface area contributed by atoms with Crippen molar-refractivity contribution in [3.63, 3.8) is 0 Å². The van der Waals surface area contributed by atoms with E-state index in [1.165, 1.54) is 0 Å². The van der Waals surface area contributed by atoms with Crippen LogP contribution in [-0.4, -0.2) is 46.5 Å². The normalized spacial score (nSPS) is 22.6. The number of anilines is 1. The fourth-order valence-corrected chi connectivity index (χ4v) is 8.05. The summed E-state index contributed by atoms with van der Waals surface area (Å²) in [6, 6.07) is 14.0. The Balaban J connectivity index is 1.48. The van der Waals surface area contributed by atoms with Crippen LogP contribution in [0.5, 0.6) is 0 Å². The molecular formula is C39H44BrF6N3O3. The standard InChI is InChI=1S/C39H44BrF6N3O3/c1-3-32-21-33(48(35-15-14-31(40)23-47-35)24-27-16-29(38(41,42)43)20-30(17-27)39(44,45)46)22-34(18-25-8-6-5-7-9-25)49(32)37(51)28-12-10-26(11-13-28)19-36(50)52-4-2/h5-9,14-17,20,23,26,28,32-34H,3-4,10-13,18-19,21-22,24H2,1-2H3/t26?,28?,32?,33-,34-/m1/s1. The molecule has 2 heterocycles. The number of carbonyl (C=O) groups excluding carboxylic acids is 2. The highest BCUT2D eigenvalue weighted by Crippen LogP contribution is 2.40. The van der Waals surface area contributed by atoms with Crippen LogP contribution in [0, 0.1) is 11.8 Å². The highest BCUT2D eigenvalue weighted by molar-refractivity contribution is 9.10. The third-order valence-electron chi connectivity index (χ3n) is 10.3. The summed E-state index contributed by atoms with van der Waals surface area (Å²) in [5, 5.41) is 0. The van der Waals surface area contributed by atoms with Gasteiger partial charge in [0, 0.05) is 47.7 Å². The molecule has 1 aliphatic carbocycles. The van der Waals surface area contributed by atoms with Gasteiger partial charge in [0.1, 0.15) is 5.82 Å². The van der Waals surface area contributed by atoms with E-state index in [1.54, 1.807) is 30.2 Å². The second-order valence-electron chi connectivity index (χ2n) is 13.9. The maximum Gasteiger partial charge on any atom is 0.416 e. The van der Waals surface area contributed by atoms with E-state index >= 15 is 0 Å². The topological polar surface area (TPSA) is 62.7 Å². The van der Waals surface area contributed by atoms with Gasteiger partial charge in [-0.1, -0.05) is 37.3 Å². The van der Waals surface area contributed by atoms with Gasteiger partial charge in [-0.3, -0.25) is 9.59 Å². The van der Waals surface area contributed by atoms with E-state index < -0.39 is 23.5 Å². The van der Waals surface area contributed by atoms with Crippen LogP contribution in [0.1, 0.15) is 87.5 Å². The molecule has 1 amide bonds. The first kappa shape index (κ1) is 39.6. The van der Waals surface area contributed by atoms with Crippen molar-refractivity contribution in [1.82, 2.24) is 9.88 Å². The van der Waals surface area contributed by atoms with Gasteiger partial charge in [-0.15, -0.1) is 0 Å². The second-order valence-corrected chi connectivity index (χ2v) is 14.8. The van der Waals surface area contributed by atoms with Crippen LogP contribution in [0.4, 0.5) is 32.2 Å². The lowest BCUT2D eigenvalue weighted by molar-refractivity contribution is -0.146. The highest BCUT2D eigenvalue weighted by Gasteiger charge is 2.43. The Morgan fingerprint density at radius 1 is 0.865 bits per heavy atom. The number of ether oxygens (including phenoxy) is 1. The molecule has 1 saturated heterocycles. The van der Waals surface area contributed by atoms with Crippen LogP contribution in [0.2, 0.25) is 0 Å². The summed E-state index contributed by atoms with van der Waals surface area (Å²) in [4.78, 5) is 34.9. The summed E-state index contributed by atoms with van der Waals surface area (Å²) in [6.45, 7) is 3.84. The Morgan fingerprint density at radius 2 is 1.50 bits per heavy atom. The SMILES string of the molecule is CCOC(=O)CC1CCC(C(=O)N2C(CC)C[C@@H](N(Cc3cc(C(F)(F)F)cc(C(F)(F)F)c3)c3ccc(Br)cn3)C[C@H]2Cc2ccccc2)CC1. The summed E-state index contributed by atoms with van der Waals surface area (Å²) >= 11 is 3.37. The van der Waals surface area contributed by atoms with E-state index in [0.29, 0.717) is 61.8 Å². The number of hydrogen-bond acceptors (Lipinski definition) is 5. The molecule has 1 unspecified atom stereocenters. The summed E-state index contributed by atoms with van der Waals surface area (Å²) in [6.07, 6.45) is -3.26. The number of esters is 1. The number of likely N-dealkylation sites (tertiary alicyclic amines) is 1. The molecule has 52 heavy (non-hydrogen) atoms. The monoisotopic (exact) mass is 795 g/mol. The number of benzene rings is 2.